The zero-order chi connectivity index (χ0) is 24.6. The summed E-state index contributed by atoms with van der Waals surface area (Å²) in [6.07, 6.45) is -0.234. The monoisotopic (exact) mass is 560 g/mol. The molecule has 1 heterocycles. The summed E-state index contributed by atoms with van der Waals surface area (Å²) < 4.78 is 19.8. The average molecular weight is 563 g/mol. The van der Waals surface area contributed by atoms with Gasteiger partial charge < -0.3 is 9.84 Å². The van der Waals surface area contributed by atoms with Crippen molar-refractivity contribution in [2.24, 2.45) is 5.10 Å². The molecule has 1 aliphatic heterocycles. The molecule has 0 spiro atoms. The SMILES string of the molecule is O=C(COc1ccc(Cl)cc1)N1N=C(c2ccc(Cl)cc2Cl)CC1(O)c1cc(F)c(Cl)cc1Cl. The Labute approximate surface area is 219 Å². The summed E-state index contributed by atoms with van der Waals surface area (Å²) in [4.78, 5) is 13.1. The number of aliphatic hydroxyl groups is 1. The van der Waals surface area contributed by atoms with Gasteiger partial charge >= 0.3 is 0 Å². The summed E-state index contributed by atoms with van der Waals surface area (Å²) >= 11 is 30.3. The molecule has 0 saturated heterocycles. The van der Waals surface area contributed by atoms with Crippen molar-refractivity contribution in [3.8, 4) is 5.75 Å². The van der Waals surface area contributed by atoms with Gasteiger partial charge in [-0.3, -0.25) is 4.79 Å². The molecule has 3 aromatic carbocycles. The molecule has 4 rings (SSSR count). The van der Waals surface area contributed by atoms with Crippen molar-refractivity contribution in [3.05, 3.63) is 96.7 Å². The maximum atomic E-state index is 14.3. The van der Waals surface area contributed by atoms with Crippen molar-refractivity contribution < 1.29 is 19.0 Å². The zero-order valence-corrected chi connectivity index (χ0v) is 20.8. The summed E-state index contributed by atoms with van der Waals surface area (Å²) in [5.41, 5.74) is -1.54. The van der Waals surface area contributed by atoms with Crippen LogP contribution in [0, 0.1) is 5.82 Å². The van der Waals surface area contributed by atoms with E-state index in [-0.39, 0.29) is 32.8 Å². The number of hydrogen-bond acceptors (Lipinski definition) is 4. The molecule has 3 aromatic rings. The van der Waals surface area contributed by atoms with Crippen LogP contribution in [0.4, 0.5) is 4.39 Å². The van der Waals surface area contributed by atoms with E-state index in [1.165, 1.54) is 6.07 Å². The van der Waals surface area contributed by atoms with Gasteiger partial charge in [-0.2, -0.15) is 10.1 Å². The third-order valence-corrected chi connectivity index (χ3v) is 6.48. The number of rotatable bonds is 5. The van der Waals surface area contributed by atoms with Gasteiger partial charge in [0.2, 0.25) is 0 Å². The van der Waals surface area contributed by atoms with Gasteiger partial charge in [0.1, 0.15) is 11.6 Å². The van der Waals surface area contributed by atoms with E-state index < -0.39 is 24.1 Å². The number of hydrogen-bond donors (Lipinski definition) is 1. The normalized spacial score (nSPS) is 17.6. The number of nitrogens with zero attached hydrogens (tertiary/aromatic N) is 2. The van der Waals surface area contributed by atoms with E-state index >= 15 is 0 Å². The van der Waals surface area contributed by atoms with Gasteiger partial charge in [0.05, 0.1) is 20.8 Å². The van der Waals surface area contributed by atoms with E-state index in [2.05, 4.69) is 5.10 Å². The molecule has 1 atom stereocenters. The minimum Gasteiger partial charge on any atom is -0.484 e. The van der Waals surface area contributed by atoms with Crippen LogP contribution in [0.15, 0.2) is 59.7 Å². The quantitative estimate of drug-likeness (QED) is 0.342. The van der Waals surface area contributed by atoms with Crippen molar-refractivity contribution in [2.75, 3.05) is 6.61 Å². The lowest BCUT2D eigenvalue weighted by atomic mass is 9.94. The predicted molar refractivity (Wildman–Crippen MR) is 132 cm³/mol. The van der Waals surface area contributed by atoms with Gasteiger partial charge in [-0.05, 0) is 48.5 Å². The highest BCUT2D eigenvalue weighted by Gasteiger charge is 2.48. The summed E-state index contributed by atoms with van der Waals surface area (Å²) in [7, 11) is 0. The van der Waals surface area contributed by atoms with Crippen LogP contribution < -0.4 is 4.74 Å². The molecule has 176 valence electrons. The topological polar surface area (TPSA) is 62.1 Å². The Balaban J connectivity index is 1.72. The number of amides is 1. The van der Waals surface area contributed by atoms with E-state index in [0.717, 1.165) is 17.1 Å². The number of carbonyl (C=O) groups is 1. The van der Waals surface area contributed by atoms with Gasteiger partial charge in [-0.1, -0.05) is 64.1 Å². The Morgan fingerprint density at radius 1 is 0.971 bits per heavy atom. The highest BCUT2D eigenvalue weighted by molar-refractivity contribution is 6.37. The van der Waals surface area contributed by atoms with E-state index in [1.54, 1.807) is 36.4 Å². The molecule has 0 bridgehead atoms. The Morgan fingerprint density at radius 2 is 1.65 bits per heavy atom. The molecule has 0 aromatic heterocycles. The van der Waals surface area contributed by atoms with Crippen LogP contribution in [-0.2, 0) is 10.5 Å². The summed E-state index contributed by atoms with van der Waals surface area (Å²) in [6, 6.07) is 13.2. The van der Waals surface area contributed by atoms with Crippen molar-refractivity contribution >= 4 is 69.6 Å². The van der Waals surface area contributed by atoms with Crippen LogP contribution >= 0.6 is 58.0 Å². The molecular formula is C23H14Cl5FN2O3. The summed E-state index contributed by atoms with van der Waals surface area (Å²) in [5.74, 6) is -1.16. The molecule has 34 heavy (non-hydrogen) atoms. The lowest BCUT2D eigenvalue weighted by Gasteiger charge is -2.32. The van der Waals surface area contributed by atoms with Crippen LogP contribution in [0.5, 0.6) is 5.75 Å². The number of carbonyl (C=O) groups excluding carboxylic acids is 1. The molecule has 0 radical (unpaired) electrons. The van der Waals surface area contributed by atoms with Gasteiger partial charge in [-0.15, -0.1) is 0 Å². The van der Waals surface area contributed by atoms with Crippen LogP contribution in [0.25, 0.3) is 0 Å². The third-order valence-electron chi connectivity index (χ3n) is 5.08. The molecule has 1 aliphatic rings. The average Bonchev–Trinajstić information content (AvgIpc) is 3.13. The predicted octanol–water partition coefficient (Wildman–Crippen LogP) is 6.95. The standard InChI is InChI=1S/C23H14Cl5FN2O3/c24-12-1-4-14(5-2-12)34-11-22(32)31-23(33,16-8-20(29)19(28)9-18(16)27)10-21(30-31)15-6-3-13(25)7-17(15)26/h1-9,33H,10-11H2. The summed E-state index contributed by atoms with van der Waals surface area (Å²) in [6.45, 7) is -0.483. The maximum absolute atomic E-state index is 14.3. The van der Waals surface area contributed by atoms with E-state index in [4.69, 9.17) is 62.7 Å². The first-order chi connectivity index (χ1) is 16.1. The van der Waals surface area contributed by atoms with Crippen molar-refractivity contribution in [1.82, 2.24) is 5.01 Å². The summed E-state index contributed by atoms with van der Waals surface area (Å²) in [5, 5.41) is 17.6. The van der Waals surface area contributed by atoms with Gasteiger partial charge in [0, 0.05) is 27.6 Å². The Hall–Kier alpha value is -2.06. The third kappa shape index (κ3) is 4.98. The van der Waals surface area contributed by atoms with Crippen LogP contribution in [-0.4, -0.2) is 28.3 Å². The Morgan fingerprint density at radius 3 is 2.32 bits per heavy atom. The highest BCUT2D eigenvalue weighted by Crippen LogP contribution is 2.42. The van der Waals surface area contributed by atoms with Crippen LogP contribution in [0.2, 0.25) is 25.1 Å². The number of halogens is 6. The smallest absolute Gasteiger partial charge is 0.283 e. The highest BCUT2D eigenvalue weighted by atomic mass is 35.5. The first-order valence-electron chi connectivity index (χ1n) is 9.70. The lowest BCUT2D eigenvalue weighted by Crippen LogP contribution is -2.45. The lowest BCUT2D eigenvalue weighted by molar-refractivity contribution is -0.159. The Kier molecular flexibility index (Phi) is 7.29. The van der Waals surface area contributed by atoms with Crippen molar-refractivity contribution in [2.45, 2.75) is 12.1 Å². The fourth-order valence-corrected chi connectivity index (χ4v) is 4.64. The zero-order valence-electron chi connectivity index (χ0n) is 17.0. The van der Waals surface area contributed by atoms with Gasteiger partial charge in [-0.25, -0.2) is 4.39 Å². The second-order valence-corrected chi connectivity index (χ2v) is 9.45. The number of benzene rings is 3. The van der Waals surface area contributed by atoms with Crippen LogP contribution in [0.1, 0.15) is 17.5 Å². The van der Waals surface area contributed by atoms with E-state index in [9.17, 15) is 14.3 Å². The molecule has 1 amide bonds. The Bertz CT molecular complexity index is 1300. The molecule has 1 unspecified atom stereocenters. The molecule has 11 heteroatoms. The van der Waals surface area contributed by atoms with Crippen LogP contribution in [0.3, 0.4) is 0 Å². The largest absolute Gasteiger partial charge is 0.484 e. The van der Waals surface area contributed by atoms with E-state index in [1.807, 2.05) is 0 Å². The molecule has 5 nitrogen and oxygen atoms in total. The van der Waals surface area contributed by atoms with E-state index in [0.29, 0.717) is 21.4 Å². The molecule has 1 N–H and O–H groups in total. The minimum absolute atomic E-state index is 0.0519. The number of ether oxygens (including phenoxy) is 1. The minimum atomic E-state index is -2.14. The molecule has 0 fully saturated rings. The molecule has 0 aliphatic carbocycles. The second-order valence-electron chi connectivity index (χ2n) is 7.36. The molecular weight excluding hydrogens is 549 g/mol. The first kappa shape index (κ1) is 25.0. The maximum Gasteiger partial charge on any atom is 0.283 e. The van der Waals surface area contributed by atoms with Gasteiger partial charge in [0.25, 0.3) is 5.91 Å². The second kappa shape index (κ2) is 9.90. The molecule has 0 saturated carbocycles. The van der Waals surface area contributed by atoms with Crippen molar-refractivity contribution in [3.63, 3.8) is 0 Å². The number of hydrazone groups is 1. The van der Waals surface area contributed by atoms with Crippen molar-refractivity contribution in [1.29, 1.82) is 0 Å². The fourth-order valence-electron chi connectivity index (χ4n) is 3.46. The fraction of sp³-hybridized carbons (Fsp3) is 0.130. The first-order valence-corrected chi connectivity index (χ1v) is 11.6. The van der Waals surface area contributed by atoms with Gasteiger partial charge in [0.15, 0.2) is 12.3 Å².